The van der Waals surface area contributed by atoms with Crippen LogP contribution in [-0.4, -0.2) is 56.6 Å². The maximum Gasteiger partial charge on any atom is 0.242 e. The molecule has 1 N–H and O–H groups in total. The third kappa shape index (κ3) is 8.82. The van der Waals surface area contributed by atoms with Gasteiger partial charge in [0, 0.05) is 31.1 Å². The minimum absolute atomic E-state index is 0.0182. The topological polar surface area (TPSA) is 96.0 Å². The first kappa shape index (κ1) is 29.1. The molecule has 10 heteroatoms. The number of halogens is 1. The molecule has 0 aromatic heterocycles. The molecule has 0 fully saturated rings. The molecular weight excluding hydrogens is 485 g/mol. The van der Waals surface area contributed by atoms with Gasteiger partial charge in [0.25, 0.3) is 0 Å². The van der Waals surface area contributed by atoms with Gasteiger partial charge in [0.15, 0.2) is 0 Å². The fraction of sp³-hybridized carbons (Fsp3) is 0.462. The molecule has 2 amide bonds. The first-order valence-electron chi connectivity index (χ1n) is 11.7. The van der Waals surface area contributed by atoms with E-state index >= 15 is 0 Å². The van der Waals surface area contributed by atoms with Gasteiger partial charge < -0.3 is 15.0 Å². The van der Waals surface area contributed by atoms with Gasteiger partial charge in [-0.05, 0) is 63.9 Å². The Labute approximate surface area is 213 Å². The zero-order valence-corrected chi connectivity index (χ0v) is 22.6. The largest absolute Gasteiger partial charge is 0.497 e. The lowest BCUT2D eigenvalue weighted by atomic mass is 10.1. The van der Waals surface area contributed by atoms with Gasteiger partial charge in [0.1, 0.15) is 17.6 Å². The molecule has 0 aliphatic heterocycles. The highest BCUT2D eigenvalue weighted by Gasteiger charge is 2.28. The molecule has 2 rings (SSSR count). The van der Waals surface area contributed by atoms with E-state index in [4.69, 9.17) is 4.74 Å². The fourth-order valence-electron chi connectivity index (χ4n) is 3.61. The summed E-state index contributed by atoms with van der Waals surface area (Å²) in [4.78, 5) is 27.6. The van der Waals surface area contributed by atoms with E-state index in [9.17, 15) is 22.4 Å². The maximum absolute atomic E-state index is 13.4. The molecule has 0 aliphatic rings. The Bertz CT molecular complexity index is 1150. The SMILES string of the molecule is COc1cccc(N(CCCC(=O)N(Cc2ccc(F)cc2)C(C)C(=O)NC(C)(C)C)S(C)(=O)=O)c1. The van der Waals surface area contributed by atoms with Crippen LogP contribution in [-0.2, 0) is 26.2 Å². The van der Waals surface area contributed by atoms with Gasteiger partial charge in [-0.3, -0.25) is 13.9 Å². The third-order valence-electron chi connectivity index (χ3n) is 5.43. The Morgan fingerprint density at radius 3 is 2.31 bits per heavy atom. The van der Waals surface area contributed by atoms with Crippen LogP contribution in [0.25, 0.3) is 0 Å². The van der Waals surface area contributed by atoms with Crippen molar-refractivity contribution in [1.82, 2.24) is 10.2 Å². The Balaban J connectivity index is 2.19. The van der Waals surface area contributed by atoms with E-state index in [1.54, 1.807) is 43.3 Å². The first-order chi connectivity index (χ1) is 16.7. The number of benzene rings is 2. The molecule has 0 heterocycles. The van der Waals surface area contributed by atoms with Crippen LogP contribution in [0.1, 0.15) is 46.1 Å². The summed E-state index contributed by atoms with van der Waals surface area (Å²) in [6, 6.07) is 11.6. The van der Waals surface area contributed by atoms with Gasteiger partial charge in [0.05, 0.1) is 19.1 Å². The van der Waals surface area contributed by atoms with Crippen LogP contribution in [0.15, 0.2) is 48.5 Å². The van der Waals surface area contributed by atoms with Crippen molar-refractivity contribution in [1.29, 1.82) is 0 Å². The second kappa shape index (κ2) is 12.2. The molecule has 0 saturated heterocycles. The van der Waals surface area contributed by atoms with Crippen molar-refractivity contribution < 1.29 is 27.1 Å². The van der Waals surface area contributed by atoms with Gasteiger partial charge in [0.2, 0.25) is 21.8 Å². The highest BCUT2D eigenvalue weighted by atomic mass is 32.2. The Morgan fingerprint density at radius 1 is 1.11 bits per heavy atom. The standard InChI is InChI=1S/C26H36FN3O5S/c1-19(25(32)28-26(2,3)4)29(18-20-12-14-21(27)15-13-20)24(31)11-8-16-30(36(6,33)34)22-9-7-10-23(17-22)35-5/h7,9-10,12-15,17,19H,8,11,16,18H2,1-6H3,(H,28,32). The molecule has 0 bridgehead atoms. The third-order valence-corrected chi connectivity index (χ3v) is 6.62. The molecule has 198 valence electrons. The lowest BCUT2D eigenvalue weighted by molar-refractivity contribution is -0.141. The molecule has 0 radical (unpaired) electrons. The highest BCUT2D eigenvalue weighted by Crippen LogP contribution is 2.24. The number of hydrogen-bond donors (Lipinski definition) is 1. The van der Waals surface area contributed by atoms with E-state index in [2.05, 4.69) is 5.32 Å². The molecule has 2 aromatic rings. The zero-order chi connectivity index (χ0) is 27.1. The second-order valence-corrected chi connectivity index (χ2v) is 11.6. The molecule has 0 spiro atoms. The fourth-order valence-corrected chi connectivity index (χ4v) is 4.57. The number of carbonyl (C=O) groups excluding carboxylic acids is 2. The number of anilines is 1. The van der Waals surface area contributed by atoms with Gasteiger partial charge in [-0.2, -0.15) is 0 Å². The molecule has 1 atom stereocenters. The first-order valence-corrected chi connectivity index (χ1v) is 13.5. The van der Waals surface area contributed by atoms with Crippen molar-refractivity contribution in [3.05, 3.63) is 59.9 Å². The van der Waals surface area contributed by atoms with Gasteiger partial charge >= 0.3 is 0 Å². The summed E-state index contributed by atoms with van der Waals surface area (Å²) in [6.07, 6.45) is 1.36. The number of carbonyl (C=O) groups is 2. The van der Waals surface area contributed by atoms with Crippen LogP contribution in [0.5, 0.6) is 5.75 Å². The van der Waals surface area contributed by atoms with E-state index in [-0.39, 0.29) is 37.7 Å². The van der Waals surface area contributed by atoms with Crippen LogP contribution in [0.2, 0.25) is 0 Å². The minimum Gasteiger partial charge on any atom is -0.497 e. The van der Waals surface area contributed by atoms with Crippen molar-refractivity contribution >= 4 is 27.5 Å². The van der Waals surface area contributed by atoms with Crippen LogP contribution in [0.3, 0.4) is 0 Å². The molecule has 36 heavy (non-hydrogen) atoms. The Hall–Kier alpha value is -3.14. The average Bonchev–Trinajstić information content (AvgIpc) is 2.79. The van der Waals surface area contributed by atoms with Crippen molar-refractivity contribution in [2.75, 3.05) is 24.2 Å². The van der Waals surface area contributed by atoms with E-state index in [1.165, 1.54) is 28.4 Å². The quantitative estimate of drug-likeness (QED) is 0.486. The Kier molecular flexibility index (Phi) is 9.86. The van der Waals surface area contributed by atoms with E-state index in [0.717, 1.165) is 6.26 Å². The smallest absolute Gasteiger partial charge is 0.242 e. The van der Waals surface area contributed by atoms with E-state index in [0.29, 0.717) is 17.0 Å². The summed E-state index contributed by atoms with van der Waals surface area (Å²) in [6.45, 7) is 7.38. The van der Waals surface area contributed by atoms with E-state index < -0.39 is 27.4 Å². The summed E-state index contributed by atoms with van der Waals surface area (Å²) in [5.41, 5.74) is 0.627. The number of sulfonamides is 1. The number of nitrogens with one attached hydrogen (secondary N) is 1. The summed E-state index contributed by atoms with van der Waals surface area (Å²) in [5.74, 6) is -0.503. The van der Waals surface area contributed by atoms with Gasteiger partial charge in [-0.25, -0.2) is 12.8 Å². The van der Waals surface area contributed by atoms with Gasteiger partial charge in [-0.1, -0.05) is 18.2 Å². The molecular formula is C26H36FN3O5S. The molecule has 2 aromatic carbocycles. The lowest BCUT2D eigenvalue weighted by Crippen LogP contribution is -2.52. The van der Waals surface area contributed by atoms with Crippen molar-refractivity contribution in [3.8, 4) is 5.75 Å². The Morgan fingerprint density at radius 2 is 1.75 bits per heavy atom. The lowest BCUT2D eigenvalue weighted by Gasteiger charge is -2.32. The highest BCUT2D eigenvalue weighted by molar-refractivity contribution is 7.92. The monoisotopic (exact) mass is 521 g/mol. The molecule has 0 aliphatic carbocycles. The van der Waals surface area contributed by atoms with Crippen LogP contribution in [0.4, 0.5) is 10.1 Å². The van der Waals surface area contributed by atoms with Crippen molar-refractivity contribution in [2.24, 2.45) is 0 Å². The van der Waals surface area contributed by atoms with Gasteiger partial charge in [-0.15, -0.1) is 0 Å². The number of hydrogen-bond acceptors (Lipinski definition) is 5. The number of amides is 2. The number of methoxy groups -OCH3 is 1. The number of rotatable bonds is 11. The van der Waals surface area contributed by atoms with Crippen molar-refractivity contribution in [3.63, 3.8) is 0 Å². The van der Waals surface area contributed by atoms with E-state index in [1.807, 2.05) is 20.8 Å². The number of nitrogens with zero attached hydrogens (tertiary/aromatic N) is 2. The predicted octanol–water partition coefficient (Wildman–Crippen LogP) is 3.71. The molecule has 1 unspecified atom stereocenters. The zero-order valence-electron chi connectivity index (χ0n) is 21.7. The predicted molar refractivity (Wildman–Crippen MR) is 139 cm³/mol. The van der Waals surface area contributed by atoms with Crippen LogP contribution < -0.4 is 14.4 Å². The summed E-state index contributed by atoms with van der Waals surface area (Å²) >= 11 is 0. The normalized spacial score (nSPS) is 12.5. The molecule has 8 nitrogen and oxygen atoms in total. The average molecular weight is 522 g/mol. The van der Waals surface area contributed by atoms with Crippen LogP contribution >= 0.6 is 0 Å². The second-order valence-electron chi connectivity index (χ2n) is 9.70. The summed E-state index contributed by atoms with van der Waals surface area (Å²) < 4.78 is 44.7. The molecule has 0 saturated carbocycles. The summed E-state index contributed by atoms with van der Waals surface area (Å²) in [5, 5.41) is 2.88. The van der Waals surface area contributed by atoms with Crippen LogP contribution in [0, 0.1) is 5.82 Å². The number of ether oxygens (including phenoxy) is 1. The maximum atomic E-state index is 13.4. The van der Waals surface area contributed by atoms with Crippen molar-refractivity contribution in [2.45, 2.75) is 58.7 Å². The summed E-state index contributed by atoms with van der Waals surface area (Å²) in [7, 11) is -2.12. The minimum atomic E-state index is -3.61.